The maximum Gasteiger partial charge on any atom is 0.400 e. The molecule has 0 aliphatic heterocycles. The summed E-state index contributed by atoms with van der Waals surface area (Å²) < 4.78 is 31.0. The molecule has 12 nitrogen and oxygen atoms in total. The van der Waals surface area contributed by atoms with Crippen molar-refractivity contribution in [3.8, 4) is 0 Å². The van der Waals surface area contributed by atoms with Crippen molar-refractivity contribution in [1.82, 2.24) is 15.3 Å². The van der Waals surface area contributed by atoms with Gasteiger partial charge >= 0.3 is 23.2 Å². The summed E-state index contributed by atoms with van der Waals surface area (Å²) in [5.74, 6) is 0. The van der Waals surface area contributed by atoms with Crippen LogP contribution in [0.2, 0.25) is 0 Å². The normalized spacial score (nSPS) is 12.6. The predicted molar refractivity (Wildman–Crippen MR) is 102 cm³/mol. The van der Waals surface area contributed by atoms with Gasteiger partial charge in [-0.1, -0.05) is 39.0 Å². The fraction of sp³-hybridized carbons (Fsp3) is 0.917. The van der Waals surface area contributed by atoms with Crippen LogP contribution >= 0.6 is 23.2 Å². The highest BCUT2D eigenvalue weighted by Gasteiger charge is 2.11. The van der Waals surface area contributed by atoms with E-state index in [9.17, 15) is 13.7 Å². The molecule has 0 saturated heterocycles. The molecule has 0 saturated carbocycles. The SMILES string of the molecule is O=P(O)(O)NCCCCCCNP(=O)(O)O.[CH2]CCCCCNP(=O)(O)O. The van der Waals surface area contributed by atoms with Gasteiger partial charge in [-0.15, -0.1) is 0 Å². The molecular weight excluding hydrogens is 423 g/mol. The van der Waals surface area contributed by atoms with Gasteiger partial charge < -0.3 is 29.4 Å². The lowest BCUT2D eigenvalue weighted by molar-refractivity contribution is 0.352. The second kappa shape index (κ2) is 16.2. The average Bonchev–Trinajstić information content (AvgIpc) is 2.47. The van der Waals surface area contributed by atoms with E-state index in [1.807, 2.05) is 0 Å². The molecule has 0 aromatic heterocycles. The molecule has 9 N–H and O–H groups in total. The van der Waals surface area contributed by atoms with Gasteiger partial charge in [0.1, 0.15) is 0 Å². The van der Waals surface area contributed by atoms with Gasteiger partial charge in [-0.3, -0.25) is 0 Å². The summed E-state index contributed by atoms with van der Waals surface area (Å²) >= 11 is 0. The molecule has 0 heterocycles. The predicted octanol–water partition coefficient (Wildman–Crippen LogP) is 0.975. The maximum atomic E-state index is 10.4. The van der Waals surface area contributed by atoms with Gasteiger partial charge in [-0.05, 0) is 19.3 Å². The molecule has 0 unspecified atom stereocenters. The third-order valence-corrected chi connectivity index (χ3v) is 4.89. The van der Waals surface area contributed by atoms with Crippen molar-refractivity contribution in [2.75, 3.05) is 19.6 Å². The Hall–Kier alpha value is 0.330. The third-order valence-electron chi connectivity index (χ3n) is 2.98. The first kappa shape index (κ1) is 29.5. The van der Waals surface area contributed by atoms with Crippen LogP contribution < -0.4 is 15.3 Å². The third kappa shape index (κ3) is 34.3. The minimum absolute atomic E-state index is 0.232. The molecule has 0 atom stereocenters. The zero-order chi connectivity index (χ0) is 21.4. The first-order chi connectivity index (χ1) is 12.3. The Bertz CT molecular complexity index is 464. The Balaban J connectivity index is 0. The van der Waals surface area contributed by atoms with Crippen LogP contribution in [0.15, 0.2) is 0 Å². The van der Waals surface area contributed by atoms with E-state index in [0.717, 1.165) is 38.5 Å². The summed E-state index contributed by atoms with van der Waals surface area (Å²) in [4.78, 5) is 50.5. The van der Waals surface area contributed by atoms with Crippen LogP contribution in [0, 0.1) is 6.92 Å². The summed E-state index contributed by atoms with van der Waals surface area (Å²) in [7, 11) is -12.2. The minimum Gasteiger partial charge on any atom is -0.313 e. The average molecular weight is 456 g/mol. The molecule has 0 aromatic rings. The Kier molecular flexibility index (Phi) is 17.7. The maximum absolute atomic E-state index is 10.4. The second-order valence-corrected chi connectivity index (χ2v) is 9.90. The zero-order valence-corrected chi connectivity index (χ0v) is 17.9. The molecule has 0 bridgehead atoms. The molecule has 1 radical (unpaired) electrons. The van der Waals surface area contributed by atoms with Gasteiger partial charge in [-0.2, -0.15) is 0 Å². The van der Waals surface area contributed by atoms with E-state index < -0.39 is 23.2 Å². The molecular formula is C12H33N3O9P3. The number of hydrogen-bond acceptors (Lipinski definition) is 3. The molecule has 165 valence electrons. The first-order valence-corrected chi connectivity index (χ1v) is 13.3. The van der Waals surface area contributed by atoms with Crippen molar-refractivity contribution in [2.45, 2.75) is 51.4 Å². The number of unbranched alkanes of at least 4 members (excludes halogenated alkanes) is 6. The standard InChI is InChI=1S/C6H18N2O6P2.C6H15NO3P/c9-15(10,11)7-5-3-1-2-4-6-8-16(12,13)14;1-2-3-4-5-6-7-11(8,9)10/h1-6H2,(H3,7,9,10,11)(H3,8,12,13,14);1-6H2,(H3,7,8,9,10). The molecule has 0 aromatic carbocycles. The largest absolute Gasteiger partial charge is 0.400 e. The van der Waals surface area contributed by atoms with E-state index in [1.165, 1.54) is 0 Å². The van der Waals surface area contributed by atoms with Crippen LogP contribution in [0.25, 0.3) is 0 Å². The van der Waals surface area contributed by atoms with Crippen molar-refractivity contribution in [3.05, 3.63) is 6.92 Å². The van der Waals surface area contributed by atoms with Gasteiger partial charge in [0, 0.05) is 19.6 Å². The minimum atomic E-state index is -4.11. The van der Waals surface area contributed by atoms with Crippen LogP contribution in [0.3, 0.4) is 0 Å². The monoisotopic (exact) mass is 456 g/mol. The molecule has 15 heteroatoms. The highest BCUT2D eigenvalue weighted by molar-refractivity contribution is 7.50. The topological polar surface area (TPSA) is 209 Å². The first-order valence-electron chi connectivity index (χ1n) is 8.48. The van der Waals surface area contributed by atoms with E-state index in [0.29, 0.717) is 19.4 Å². The number of hydrogen-bond donors (Lipinski definition) is 9. The van der Waals surface area contributed by atoms with Crippen molar-refractivity contribution >= 4 is 23.2 Å². The zero-order valence-electron chi connectivity index (χ0n) is 15.2. The fourth-order valence-corrected chi connectivity index (χ4v) is 3.10. The Morgan fingerprint density at radius 2 is 0.778 bits per heavy atom. The summed E-state index contributed by atoms with van der Waals surface area (Å²) in [6, 6.07) is 0. The second-order valence-electron chi connectivity index (χ2n) is 5.68. The van der Waals surface area contributed by atoms with Gasteiger partial charge in [0.15, 0.2) is 0 Å². The van der Waals surface area contributed by atoms with E-state index in [4.69, 9.17) is 29.4 Å². The summed E-state index contributed by atoms with van der Waals surface area (Å²) in [5.41, 5.74) is 0. The van der Waals surface area contributed by atoms with Crippen molar-refractivity contribution in [2.24, 2.45) is 0 Å². The van der Waals surface area contributed by atoms with Crippen molar-refractivity contribution in [1.29, 1.82) is 0 Å². The number of nitrogens with one attached hydrogen (secondary N) is 3. The Morgan fingerprint density at radius 1 is 0.519 bits per heavy atom. The summed E-state index contributed by atoms with van der Waals surface area (Å²) in [6.45, 7) is 4.50. The van der Waals surface area contributed by atoms with E-state index in [2.05, 4.69) is 22.2 Å². The van der Waals surface area contributed by atoms with E-state index >= 15 is 0 Å². The molecule has 0 rings (SSSR count). The fourth-order valence-electron chi connectivity index (χ4n) is 1.76. The van der Waals surface area contributed by atoms with Gasteiger partial charge in [0.05, 0.1) is 0 Å². The van der Waals surface area contributed by atoms with Gasteiger partial charge in [0.2, 0.25) is 0 Å². The highest BCUT2D eigenvalue weighted by atomic mass is 31.2. The van der Waals surface area contributed by atoms with Crippen molar-refractivity contribution in [3.63, 3.8) is 0 Å². The van der Waals surface area contributed by atoms with Crippen LogP contribution in [0.1, 0.15) is 51.4 Å². The van der Waals surface area contributed by atoms with E-state index in [1.54, 1.807) is 0 Å². The van der Waals surface area contributed by atoms with Gasteiger partial charge in [-0.25, -0.2) is 29.0 Å². The lowest BCUT2D eigenvalue weighted by atomic mass is 10.2. The molecule has 0 aliphatic rings. The van der Waals surface area contributed by atoms with Crippen LogP contribution in [-0.2, 0) is 13.7 Å². The molecule has 0 amide bonds. The van der Waals surface area contributed by atoms with Crippen LogP contribution in [-0.4, -0.2) is 49.0 Å². The molecule has 0 spiro atoms. The quantitative estimate of drug-likeness (QED) is 0.125. The Morgan fingerprint density at radius 3 is 1.00 bits per heavy atom. The molecule has 0 fully saturated rings. The molecule has 27 heavy (non-hydrogen) atoms. The summed E-state index contributed by atoms with van der Waals surface area (Å²) in [6.07, 6.45) is 6.38. The Labute approximate surface area is 160 Å². The highest BCUT2D eigenvalue weighted by Crippen LogP contribution is 2.28. The molecule has 0 aliphatic carbocycles. The lowest BCUT2D eigenvalue weighted by Gasteiger charge is -2.07. The summed E-state index contributed by atoms with van der Waals surface area (Å²) in [5, 5.41) is 6.25. The smallest absolute Gasteiger partial charge is 0.313 e. The van der Waals surface area contributed by atoms with Gasteiger partial charge in [0.25, 0.3) is 0 Å². The van der Waals surface area contributed by atoms with E-state index in [-0.39, 0.29) is 13.1 Å². The van der Waals surface area contributed by atoms with Crippen LogP contribution in [0.4, 0.5) is 0 Å². The lowest BCUT2D eigenvalue weighted by Crippen LogP contribution is -2.12. The van der Waals surface area contributed by atoms with Crippen LogP contribution in [0.5, 0.6) is 0 Å². The van der Waals surface area contributed by atoms with Crippen molar-refractivity contribution < 1.29 is 43.1 Å². The number of rotatable bonds is 15.